The molecule has 5 nitrogen and oxygen atoms in total. The molecule has 0 bridgehead atoms. The number of ether oxygens (including phenoxy) is 1. The van der Waals surface area contributed by atoms with Gasteiger partial charge in [0.1, 0.15) is 5.82 Å². The SMILES string of the molecule is O=C(O)c1cccc2c1COC21CCC(N2CCN(c3ccc(F)cc3)CC2)CC1. The predicted octanol–water partition coefficient (Wildman–Crippen LogP) is 4.01. The highest BCUT2D eigenvalue weighted by Gasteiger charge is 2.45. The molecule has 3 aliphatic rings. The highest BCUT2D eigenvalue weighted by atomic mass is 19.1. The van der Waals surface area contributed by atoms with E-state index in [-0.39, 0.29) is 11.4 Å². The van der Waals surface area contributed by atoms with Gasteiger partial charge in [-0.15, -0.1) is 0 Å². The summed E-state index contributed by atoms with van der Waals surface area (Å²) in [7, 11) is 0. The van der Waals surface area contributed by atoms with Gasteiger partial charge >= 0.3 is 5.97 Å². The van der Waals surface area contributed by atoms with Crippen LogP contribution in [0.1, 0.15) is 47.2 Å². The van der Waals surface area contributed by atoms with Gasteiger partial charge in [0.2, 0.25) is 0 Å². The first kappa shape index (κ1) is 19.5. The van der Waals surface area contributed by atoms with Gasteiger partial charge in [0.05, 0.1) is 17.8 Å². The smallest absolute Gasteiger partial charge is 0.336 e. The number of carbonyl (C=O) groups is 1. The Hall–Kier alpha value is -2.44. The Balaban J connectivity index is 1.21. The van der Waals surface area contributed by atoms with Gasteiger partial charge in [0.25, 0.3) is 0 Å². The van der Waals surface area contributed by atoms with Crippen LogP contribution in [0.2, 0.25) is 0 Å². The van der Waals surface area contributed by atoms with Crippen LogP contribution in [0.25, 0.3) is 0 Å². The maximum Gasteiger partial charge on any atom is 0.336 e. The number of rotatable bonds is 3. The van der Waals surface area contributed by atoms with Gasteiger partial charge in [-0.3, -0.25) is 4.90 Å². The van der Waals surface area contributed by atoms with Crippen molar-refractivity contribution in [2.75, 3.05) is 31.1 Å². The highest BCUT2D eigenvalue weighted by molar-refractivity contribution is 5.90. The third-order valence-electron chi connectivity index (χ3n) is 7.18. The van der Waals surface area contributed by atoms with Gasteiger partial charge in [0, 0.05) is 37.9 Å². The maximum atomic E-state index is 13.2. The van der Waals surface area contributed by atoms with Gasteiger partial charge in [0.15, 0.2) is 0 Å². The summed E-state index contributed by atoms with van der Waals surface area (Å²) in [5.74, 6) is -1.07. The summed E-state index contributed by atoms with van der Waals surface area (Å²) in [5, 5.41) is 9.48. The first-order valence-electron chi connectivity index (χ1n) is 10.8. The molecule has 2 heterocycles. The summed E-state index contributed by atoms with van der Waals surface area (Å²) in [5.41, 5.74) is 3.10. The van der Waals surface area contributed by atoms with Crippen LogP contribution in [0.3, 0.4) is 0 Å². The van der Waals surface area contributed by atoms with E-state index in [0.717, 1.165) is 68.7 Å². The fraction of sp³-hybridized carbons (Fsp3) is 0.458. The fourth-order valence-electron chi connectivity index (χ4n) is 5.50. The van der Waals surface area contributed by atoms with Crippen molar-refractivity contribution in [3.63, 3.8) is 0 Å². The summed E-state index contributed by atoms with van der Waals surface area (Å²) in [6, 6.07) is 12.9. The maximum absolute atomic E-state index is 13.2. The molecule has 0 amide bonds. The molecule has 158 valence electrons. The van der Waals surface area contributed by atoms with Crippen molar-refractivity contribution >= 4 is 11.7 Å². The zero-order valence-electron chi connectivity index (χ0n) is 17.0. The monoisotopic (exact) mass is 410 g/mol. The van der Waals surface area contributed by atoms with Crippen LogP contribution in [0.15, 0.2) is 42.5 Å². The molecule has 5 rings (SSSR count). The number of fused-ring (bicyclic) bond motifs is 2. The number of nitrogens with zero attached hydrogens (tertiary/aromatic N) is 2. The molecule has 30 heavy (non-hydrogen) atoms. The Morgan fingerprint density at radius 3 is 2.40 bits per heavy atom. The minimum absolute atomic E-state index is 0.195. The van der Waals surface area contributed by atoms with E-state index in [1.165, 1.54) is 12.1 Å². The number of benzene rings is 2. The Morgan fingerprint density at radius 1 is 1.03 bits per heavy atom. The lowest BCUT2D eigenvalue weighted by Gasteiger charge is -2.45. The lowest BCUT2D eigenvalue weighted by atomic mass is 9.76. The molecule has 6 heteroatoms. The first-order chi connectivity index (χ1) is 14.6. The number of hydrogen-bond acceptors (Lipinski definition) is 4. The molecular weight excluding hydrogens is 383 g/mol. The number of carboxylic acid groups (broad SMARTS) is 1. The molecule has 0 atom stereocenters. The molecular formula is C24H27FN2O3. The lowest BCUT2D eigenvalue weighted by molar-refractivity contribution is -0.0777. The number of anilines is 1. The summed E-state index contributed by atoms with van der Waals surface area (Å²) in [6.45, 7) is 4.33. The molecule has 1 spiro atoms. The molecule has 2 aliphatic heterocycles. The minimum Gasteiger partial charge on any atom is -0.478 e. The van der Waals surface area contributed by atoms with Crippen molar-refractivity contribution in [3.8, 4) is 0 Å². The average molecular weight is 410 g/mol. The molecule has 2 fully saturated rings. The molecule has 1 saturated heterocycles. The van der Waals surface area contributed by atoms with Gasteiger partial charge in [-0.2, -0.15) is 0 Å². The Kier molecular flexibility index (Phi) is 4.99. The number of piperazine rings is 1. The number of carboxylic acids is 1. The second-order valence-corrected chi connectivity index (χ2v) is 8.65. The summed E-state index contributed by atoms with van der Waals surface area (Å²) < 4.78 is 19.4. The van der Waals surface area contributed by atoms with Crippen molar-refractivity contribution in [1.82, 2.24) is 4.90 Å². The number of halogens is 1. The highest BCUT2D eigenvalue weighted by Crippen LogP contribution is 2.48. The molecule has 2 aromatic rings. The normalized spacial score (nSPS) is 26.7. The van der Waals surface area contributed by atoms with E-state index in [1.807, 2.05) is 18.2 Å². The Bertz CT molecular complexity index is 930. The van der Waals surface area contributed by atoms with Crippen LogP contribution in [0, 0.1) is 5.82 Å². The van der Waals surface area contributed by atoms with E-state index < -0.39 is 5.97 Å². The van der Waals surface area contributed by atoms with Crippen LogP contribution in [0.5, 0.6) is 0 Å². The van der Waals surface area contributed by atoms with Crippen LogP contribution in [-0.4, -0.2) is 48.2 Å². The van der Waals surface area contributed by atoms with E-state index in [1.54, 1.807) is 6.07 Å². The molecule has 1 saturated carbocycles. The molecule has 0 aromatic heterocycles. The summed E-state index contributed by atoms with van der Waals surface area (Å²) >= 11 is 0. The van der Waals surface area contributed by atoms with E-state index in [0.29, 0.717) is 18.2 Å². The van der Waals surface area contributed by atoms with E-state index in [4.69, 9.17) is 4.74 Å². The van der Waals surface area contributed by atoms with Crippen LogP contribution >= 0.6 is 0 Å². The largest absolute Gasteiger partial charge is 0.478 e. The van der Waals surface area contributed by atoms with E-state index >= 15 is 0 Å². The quantitative estimate of drug-likeness (QED) is 0.829. The average Bonchev–Trinajstić information content (AvgIpc) is 3.13. The third-order valence-corrected chi connectivity index (χ3v) is 7.18. The van der Waals surface area contributed by atoms with E-state index in [2.05, 4.69) is 15.9 Å². The molecule has 1 N–H and O–H groups in total. The van der Waals surface area contributed by atoms with Crippen molar-refractivity contribution in [3.05, 3.63) is 65.0 Å². The zero-order chi connectivity index (χ0) is 20.7. The van der Waals surface area contributed by atoms with Crippen LogP contribution < -0.4 is 4.90 Å². The van der Waals surface area contributed by atoms with Crippen molar-refractivity contribution in [1.29, 1.82) is 0 Å². The third kappa shape index (κ3) is 3.38. The van der Waals surface area contributed by atoms with Gasteiger partial charge in [-0.1, -0.05) is 12.1 Å². The second kappa shape index (κ2) is 7.67. The van der Waals surface area contributed by atoms with Crippen molar-refractivity contribution < 1.29 is 19.0 Å². The topological polar surface area (TPSA) is 53.0 Å². The number of hydrogen-bond donors (Lipinski definition) is 1. The van der Waals surface area contributed by atoms with Crippen LogP contribution in [0.4, 0.5) is 10.1 Å². The molecule has 1 aliphatic carbocycles. The fourth-order valence-corrected chi connectivity index (χ4v) is 5.50. The second-order valence-electron chi connectivity index (χ2n) is 8.65. The van der Waals surface area contributed by atoms with Crippen LogP contribution in [-0.2, 0) is 16.9 Å². The Morgan fingerprint density at radius 2 is 1.73 bits per heavy atom. The first-order valence-corrected chi connectivity index (χ1v) is 10.8. The molecule has 2 aromatic carbocycles. The number of aromatic carboxylic acids is 1. The van der Waals surface area contributed by atoms with Gasteiger partial charge in [-0.05, 0) is 67.1 Å². The summed E-state index contributed by atoms with van der Waals surface area (Å²) in [6.07, 6.45) is 4.00. The predicted molar refractivity (Wildman–Crippen MR) is 112 cm³/mol. The Labute approximate surface area is 176 Å². The molecule has 0 radical (unpaired) electrons. The minimum atomic E-state index is -0.875. The van der Waals surface area contributed by atoms with Gasteiger partial charge < -0.3 is 14.7 Å². The zero-order valence-corrected chi connectivity index (χ0v) is 17.0. The van der Waals surface area contributed by atoms with Crippen molar-refractivity contribution in [2.45, 2.75) is 43.9 Å². The standard InChI is InChI=1S/C24H27FN2O3/c25-17-4-6-18(7-5-17)26-12-14-27(15-13-26)19-8-10-24(11-9-19)22-3-1-2-20(23(28)29)21(22)16-30-24/h1-7,19H,8-16H2,(H,28,29). The summed E-state index contributed by atoms with van der Waals surface area (Å²) in [4.78, 5) is 16.5. The van der Waals surface area contributed by atoms with E-state index in [9.17, 15) is 14.3 Å². The van der Waals surface area contributed by atoms with Crippen molar-refractivity contribution in [2.24, 2.45) is 0 Å². The lowest BCUT2D eigenvalue weighted by Crippen LogP contribution is -2.52. The molecule has 0 unspecified atom stereocenters. The van der Waals surface area contributed by atoms with Gasteiger partial charge in [-0.25, -0.2) is 9.18 Å².